The van der Waals surface area contributed by atoms with Crippen LogP contribution in [0.1, 0.15) is 65.2 Å². The van der Waals surface area contributed by atoms with Crippen LogP contribution in [0, 0.1) is 5.92 Å². The van der Waals surface area contributed by atoms with Gasteiger partial charge in [-0.2, -0.15) is 0 Å². The standard InChI is InChI=1S/C15H31N3/c1-15(2,18-11-7-3-4-8-12-18)14(17-16)13-9-5-6-10-13/h13-14,17H,3-12,16H2,1-2H3. The molecule has 18 heavy (non-hydrogen) atoms. The molecule has 1 saturated carbocycles. The van der Waals surface area contributed by atoms with E-state index in [1.165, 1.54) is 64.5 Å². The minimum atomic E-state index is 0.189. The minimum Gasteiger partial charge on any atom is -0.297 e. The van der Waals surface area contributed by atoms with E-state index in [-0.39, 0.29) is 5.54 Å². The number of nitrogens with one attached hydrogen (secondary N) is 1. The monoisotopic (exact) mass is 253 g/mol. The van der Waals surface area contributed by atoms with Gasteiger partial charge in [-0.15, -0.1) is 0 Å². The summed E-state index contributed by atoms with van der Waals surface area (Å²) in [6.45, 7) is 7.28. The Morgan fingerprint density at radius 2 is 1.56 bits per heavy atom. The summed E-state index contributed by atoms with van der Waals surface area (Å²) in [5, 5.41) is 0. The number of nitrogens with two attached hydrogens (primary N) is 1. The Morgan fingerprint density at radius 1 is 1.00 bits per heavy atom. The first kappa shape index (κ1) is 14.3. The highest BCUT2D eigenvalue weighted by atomic mass is 15.3. The SMILES string of the molecule is CC(C)(C(NN)C1CCCC1)N1CCCCCC1. The molecule has 0 bridgehead atoms. The second-order valence-corrected chi connectivity index (χ2v) is 6.74. The number of rotatable bonds is 4. The van der Waals surface area contributed by atoms with Crippen LogP contribution in [-0.4, -0.2) is 29.6 Å². The van der Waals surface area contributed by atoms with Crippen molar-refractivity contribution in [2.24, 2.45) is 11.8 Å². The molecule has 3 N–H and O–H groups in total. The third-order valence-electron chi connectivity index (χ3n) is 5.23. The molecule has 0 aromatic carbocycles. The third kappa shape index (κ3) is 3.06. The number of hydrogen-bond acceptors (Lipinski definition) is 3. The van der Waals surface area contributed by atoms with Crippen LogP contribution in [0.5, 0.6) is 0 Å². The molecule has 2 aliphatic rings. The fourth-order valence-electron chi connectivity index (χ4n) is 4.05. The molecule has 106 valence electrons. The molecule has 2 rings (SSSR count). The molecule has 0 amide bonds. The van der Waals surface area contributed by atoms with Gasteiger partial charge in [0.25, 0.3) is 0 Å². The lowest BCUT2D eigenvalue weighted by atomic mass is 9.82. The van der Waals surface area contributed by atoms with E-state index in [2.05, 4.69) is 24.2 Å². The maximum absolute atomic E-state index is 5.91. The summed E-state index contributed by atoms with van der Waals surface area (Å²) in [5.74, 6) is 6.68. The van der Waals surface area contributed by atoms with E-state index in [0.29, 0.717) is 6.04 Å². The molecule has 1 unspecified atom stereocenters. The van der Waals surface area contributed by atoms with E-state index >= 15 is 0 Å². The van der Waals surface area contributed by atoms with E-state index in [1.54, 1.807) is 0 Å². The lowest BCUT2D eigenvalue weighted by molar-refractivity contribution is 0.0594. The van der Waals surface area contributed by atoms with Gasteiger partial charge in [-0.3, -0.25) is 16.2 Å². The van der Waals surface area contributed by atoms with Crippen molar-refractivity contribution in [2.45, 2.75) is 76.8 Å². The van der Waals surface area contributed by atoms with Crippen molar-refractivity contribution >= 4 is 0 Å². The van der Waals surface area contributed by atoms with E-state index in [4.69, 9.17) is 5.84 Å². The van der Waals surface area contributed by atoms with E-state index < -0.39 is 0 Å². The molecule has 0 spiro atoms. The Balaban J connectivity index is 2.05. The molecule has 0 aromatic heterocycles. The van der Waals surface area contributed by atoms with Crippen LogP contribution < -0.4 is 11.3 Å². The van der Waals surface area contributed by atoms with Crippen LogP contribution in [0.4, 0.5) is 0 Å². The number of likely N-dealkylation sites (tertiary alicyclic amines) is 1. The van der Waals surface area contributed by atoms with E-state index in [1.807, 2.05) is 0 Å². The van der Waals surface area contributed by atoms with Gasteiger partial charge in [0.05, 0.1) is 0 Å². The highest BCUT2D eigenvalue weighted by molar-refractivity contribution is 4.97. The van der Waals surface area contributed by atoms with E-state index in [9.17, 15) is 0 Å². The summed E-state index contributed by atoms with van der Waals surface area (Å²) >= 11 is 0. The van der Waals surface area contributed by atoms with Gasteiger partial charge in [0, 0.05) is 11.6 Å². The van der Waals surface area contributed by atoms with Gasteiger partial charge in [0.15, 0.2) is 0 Å². The highest BCUT2D eigenvalue weighted by Gasteiger charge is 2.40. The summed E-state index contributed by atoms with van der Waals surface area (Å²) in [6.07, 6.45) is 11.0. The second-order valence-electron chi connectivity index (χ2n) is 6.74. The van der Waals surface area contributed by atoms with Gasteiger partial charge in [0.1, 0.15) is 0 Å². The Morgan fingerprint density at radius 3 is 2.06 bits per heavy atom. The quantitative estimate of drug-likeness (QED) is 0.598. The van der Waals surface area contributed by atoms with Crippen molar-refractivity contribution in [3.63, 3.8) is 0 Å². The Hall–Kier alpha value is -0.120. The van der Waals surface area contributed by atoms with Gasteiger partial charge in [0.2, 0.25) is 0 Å². The van der Waals surface area contributed by atoms with Crippen molar-refractivity contribution in [3.8, 4) is 0 Å². The summed E-state index contributed by atoms with van der Waals surface area (Å²) in [7, 11) is 0. The fourth-order valence-corrected chi connectivity index (χ4v) is 4.05. The molecule has 2 fully saturated rings. The van der Waals surface area contributed by atoms with E-state index in [0.717, 1.165) is 5.92 Å². The highest BCUT2D eigenvalue weighted by Crippen LogP contribution is 2.35. The van der Waals surface area contributed by atoms with Crippen LogP contribution in [0.3, 0.4) is 0 Å². The van der Waals surface area contributed by atoms with Crippen molar-refractivity contribution in [2.75, 3.05) is 13.1 Å². The molecular formula is C15H31N3. The number of hydrazine groups is 1. The normalized spacial score (nSPS) is 26.2. The van der Waals surface area contributed by atoms with Crippen LogP contribution in [0.15, 0.2) is 0 Å². The zero-order chi connectivity index (χ0) is 13.0. The zero-order valence-corrected chi connectivity index (χ0v) is 12.3. The average molecular weight is 253 g/mol. The van der Waals surface area contributed by atoms with Crippen molar-refractivity contribution in [3.05, 3.63) is 0 Å². The van der Waals surface area contributed by atoms with Crippen molar-refractivity contribution in [1.29, 1.82) is 0 Å². The summed E-state index contributed by atoms with van der Waals surface area (Å²) in [4.78, 5) is 2.68. The summed E-state index contributed by atoms with van der Waals surface area (Å²) in [6, 6.07) is 0.443. The minimum absolute atomic E-state index is 0.189. The molecule has 1 saturated heterocycles. The third-order valence-corrected chi connectivity index (χ3v) is 5.23. The number of nitrogens with zero attached hydrogens (tertiary/aromatic N) is 1. The largest absolute Gasteiger partial charge is 0.297 e. The maximum Gasteiger partial charge on any atom is 0.0417 e. The zero-order valence-electron chi connectivity index (χ0n) is 12.3. The first-order valence-electron chi connectivity index (χ1n) is 7.87. The molecule has 1 heterocycles. The number of hydrogen-bond donors (Lipinski definition) is 2. The summed E-state index contributed by atoms with van der Waals surface area (Å²) < 4.78 is 0. The lowest BCUT2D eigenvalue weighted by Gasteiger charge is -2.46. The molecule has 3 heteroatoms. The predicted molar refractivity (Wildman–Crippen MR) is 77.2 cm³/mol. The molecular weight excluding hydrogens is 222 g/mol. The predicted octanol–water partition coefficient (Wildman–Crippen LogP) is 2.66. The topological polar surface area (TPSA) is 41.3 Å². The lowest BCUT2D eigenvalue weighted by Crippen LogP contribution is -2.62. The molecule has 1 atom stereocenters. The van der Waals surface area contributed by atoms with Crippen LogP contribution in [0.2, 0.25) is 0 Å². The van der Waals surface area contributed by atoms with Crippen LogP contribution in [-0.2, 0) is 0 Å². The van der Waals surface area contributed by atoms with Crippen LogP contribution >= 0.6 is 0 Å². The first-order valence-corrected chi connectivity index (χ1v) is 7.87. The fraction of sp³-hybridized carbons (Fsp3) is 1.00. The summed E-state index contributed by atoms with van der Waals surface area (Å²) in [5.41, 5.74) is 3.35. The molecule has 1 aliphatic carbocycles. The van der Waals surface area contributed by atoms with Gasteiger partial charge in [-0.25, -0.2) is 0 Å². The Kier molecular flexibility index (Phi) is 5.05. The Labute approximate surface area is 112 Å². The van der Waals surface area contributed by atoms with Gasteiger partial charge in [-0.05, 0) is 58.5 Å². The van der Waals surface area contributed by atoms with Crippen molar-refractivity contribution < 1.29 is 0 Å². The average Bonchev–Trinajstić information content (AvgIpc) is 2.70. The van der Waals surface area contributed by atoms with Gasteiger partial charge >= 0.3 is 0 Å². The van der Waals surface area contributed by atoms with Crippen molar-refractivity contribution in [1.82, 2.24) is 10.3 Å². The molecule has 0 aromatic rings. The first-order chi connectivity index (χ1) is 8.66. The second kappa shape index (κ2) is 6.36. The Bertz CT molecular complexity index is 238. The van der Waals surface area contributed by atoms with Crippen LogP contribution in [0.25, 0.3) is 0 Å². The smallest absolute Gasteiger partial charge is 0.0417 e. The van der Waals surface area contributed by atoms with Gasteiger partial charge < -0.3 is 0 Å². The molecule has 3 nitrogen and oxygen atoms in total. The molecule has 0 radical (unpaired) electrons. The molecule has 1 aliphatic heterocycles. The van der Waals surface area contributed by atoms with Gasteiger partial charge in [-0.1, -0.05) is 25.7 Å². The maximum atomic E-state index is 5.91.